The molecule has 1 saturated heterocycles. The minimum atomic E-state index is -3.23. The largest absolute Gasteiger partial charge is 0.236 e. The van der Waals surface area contributed by atoms with E-state index in [-0.39, 0.29) is 6.04 Å². The number of hydrogen-bond acceptors (Lipinski definition) is 4. The molecule has 2 aromatic rings. The van der Waals surface area contributed by atoms with E-state index in [0.29, 0.717) is 12.4 Å². The predicted octanol–water partition coefficient (Wildman–Crippen LogP) is 2.47. The van der Waals surface area contributed by atoms with Crippen LogP contribution >= 0.6 is 0 Å². The van der Waals surface area contributed by atoms with Gasteiger partial charge in [0.15, 0.2) is 0 Å². The molecule has 0 saturated carbocycles. The molecule has 2 heterocycles. The summed E-state index contributed by atoms with van der Waals surface area (Å²) in [5, 5.41) is 0. The average molecular weight is 331 g/mol. The molecule has 1 atom stereocenters. The lowest BCUT2D eigenvalue weighted by atomic mass is 10.1. The van der Waals surface area contributed by atoms with Crippen molar-refractivity contribution in [1.29, 1.82) is 0 Å². The van der Waals surface area contributed by atoms with Crippen LogP contribution in [-0.4, -0.2) is 35.5 Å². The normalized spacial score (nSPS) is 19.1. The third kappa shape index (κ3) is 3.76. The molecule has 1 fully saturated rings. The first kappa shape index (κ1) is 16.1. The molecule has 0 unspecified atom stereocenters. The molecule has 122 valence electrons. The van der Waals surface area contributed by atoms with E-state index in [4.69, 9.17) is 0 Å². The summed E-state index contributed by atoms with van der Waals surface area (Å²) in [4.78, 5) is 9.16. The maximum absolute atomic E-state index is 11.9. The molecule has 0 spiro atoms. The molecule has 0 radical (unpaired) electrons. The first-order chi connectivity index (χ1) is 10.9. The van der Waals surface area contributed by atoms with Crippen LogP contribution in [0.5, 0.6) is 0 Å². The Hall–Kier alpha value is -1.79. The Morgan fingerprint density at radius 1 is 1.22 bits per heavy atom. The molecular formula is C17H21N3O2S. The highest BCUT2D eigenvalue weighted by atomic mass is 32.2. The van der Waals surface area contributed by atoms with Gasteiger partial charge < -0.3 is 0 Å². The van der Waals surface area contributed by atoms with Gasteiger partial charge >= 0.3 is 0 Å². The minimum absolute atomic E-state index is 0.237. The summed E-state index contributed by atoms with van der Waals surface area (Å²) < 4.78 is 25.4. The first-order valence-corrected chi connectivity index (χ1v) is 9.63. The lowest BCUT2D eigenvalue weighted by Gasteiger charge is -2.21. The van der Waals surface area contributed by atoms with Crippen LogP contribution in [0.1, 0.15) is 41.7 Å². The van der Waals surface area contributed by atoms with Crippen LogP contribution in [0.25, 0.3) is 0 Å². The van der Waals surface area contributed by atoms with Gasteiger partial charge in [0.2, 0.25) is 10.0 Å². The van der Waals surface area contributed by atoms with Gasteiger partial charge in [-0.05, 0) is 31.4 Å². The van der Waals surface area contributed by atoms with Gasteiger partial charge in [-0.25, -0.2) is 18.4 Å². The van der Waals surface area contributed by atoms with Gasteiger partial charge in [-0.15, -0.1) is 0 Å². The third-order valence-corrected chi connectivity index (χ3v) is 5.37. The highest BCUT2D eigenvalue weighted by Crippen LogP contribution is 2.32. The Bertz CT molecular complexity index is 791. The number of aryl methyl sites for hydroxylation is 1. The van der Waals surface area contributed by atoms with E-state index in [9.17, 15) is 8.42 Å². The van der Waals surface area contributed by atoms with Gasteiger partial charge in [0.05, 0.1) is 12.3 Å². The summed E-state index contributed by atoms with van der Waals surface area (Å²) >= 11 is 0. The van der Waals surface area contributed by atoms with Gasteiger partial charge in [0.1, 0.15) is 5.82 Å². The molecule has 0 amide bonds. The lowest BCUT2D eigenvalue weighted by molar-refractivity contribution is 0.385. The van der Waals surface area contributed by atoms with Crippen molar-refractivity contribution < 1.29 is 8.42 Å². The van der Waals surface area contributed by atoms with Crippen LogP contribution in [0.3, 0.4) is 0 Å². The molecule has 23 heavy (non-hydrogen) atoms. The Morgan fingerprint density at radius 3 is 2.65 bits per heavy atom. The Labute approximate surface area is 137 Å². The predicted molar refractivity (Wildman–Crippen MR) is 89.5 cm³/mol. The van der Waals surface area contributed by atoms with Crippen molar-refractivity contribution in [3.63, 3.8) is 0 Å². The maximum Gasteiger partial charge on any atom is 0.211 e. The van der Waals surface area contributed by atoms with Crippen molar-refractivity contribution in [2.75, 3.05) is 12.8 Å². The van der Waals surface area contributed by atoms with Crippen LogP contribution in [0.4, 0.5) is 0 Å². The second-order valence-corrected chi connectivity index (χ2v) is 7.99. The van der Waals surface area contributed by atoms with E-state index in [1.165, 1.54) is 16.1 Å². The zero-order valence-electron chi connectivity index (χ0n) is 13.4. The first-order valence-electron chi connectivity index (χ1n) is 7.79. The smallest absolute Gasteiger partial charge is 0.211 e. The van der Waals surface area contributed by atoms with Crippen molar-refractivity contribution >= 4 is 10.0 Å². The Kier molecular flexibility index (Phi) is 4.46. The zero-order chi connectivity index (χ0) is 16.4. The van der Waals surface area contributed by atoms with Crippen LogP contribution < -0.4 is 0 Å². The summed E-state index contributed by atoms with van der Waals surface area (Å²) in [6.07, 6.45) is 3.61. The van der Waals surface area contributed by atoms with Crippen molar-refractivity contribution in [3.05, 3.63) is 59.2 Å². The average Bonchev–Trinajstić information content (AvgIpc) is 2.97. The molecule has 0 bridgehead atoms. The number of sulfonamides is 1. The summed E-state index contributed by atoms with van der Waals surface area (Å²) in [5.74, 6) is 0.624. The van der Waals surface area contributed by atoms with E-state index in [1.807, 2.05) is 31.2 Å². The van der Waals surface area contributed by atoms with Gasteiger partial charge in [-0.2, -0.15) is 4.31 Å². The maximum atomic E-state index is 11.9. The van der Waals surface area contributed by atoms with Crippen LogP contribution in [0, 0.1) is 6.92 Å². The molecule has 6 heteroatoms. The number of benzene rings is 1. The molecular weight excluding hydrogens is 310 g/mol. The van der Waals surface area contributed by atoms with Gasteiger partial charge in [-0.3, -0.25) is 0 Å². The van der Waals surface area contributed by atoms with Crippen molar-refractivity contribution in [2.24, 2.45) is 0 Å². The fourth-order valence-electron chi connectivity index (χ4n) is 3.10. The monoisotopic (exact) mass is 331 g/mol. The van der Waals surface area contributed by atoms with E-state index in [1.54, 1.807) is 0 Å². The highest BCUT2D eigenvalue weighted by Gasteiger charge is 2.34. The van der Waals surface area contributed by atoms with Gasteiger partial charge in [0, 0.05) is 24.4 Å². The lowest BCUT2D eigenvalue weighted by Crippen LogP contribution is -2.30. The summed E-state index contributed by atoms with van der Waals surface area (Å²) in [5.41, 5.74) is 2.99. The minimum Gasteiger partial charge on any atom is -0.236 e. The summed E-state index contributed by atoms with van der Waals surface area (Å²) in [6, 6.07) is 11.9. The SMILES string of the molecule is Cc1cc(Cc2ccccc2)nc([C@@H]2CCCN2S(C)(=O)=O)n1. The molecule has 1 aliphatic rings. The second-order valence-electron chi connectivity index (χ2n) is 6.05. The zero-order valence-corrected chi connectivity index (χ0v) is 14.3. The van der Waals surface area contributed by atoms with E-state index in [2.05, 4.69) is 22.1 Å². The topological polar surface area (TPSA) is 63.2 Å². The van der Waals surface area contributed by atoms with E-state index < -0.39 is 10.0 Å². The van der Waals surface area contributed by atoms with Crippen LogP contribution in [-0.2, 0) is 16.4 Å². The number of aromatic nitrogens is 2. The molecule has 0 aliphatic carbocycles. The van der Waals surface area contributed by atoms with Crippen LogP contribution in [0.15, 0.2) is 36.4 Å². The quantitative estimate of drug-likeness (QED) is 0.863. The number of rotatable bonds is 4. The number of nitrogens with zero attached hydrogens (tertiary/aromatic N) is 3. The molecule has 0 N–H and O–H groups in total. The van der Waals surface area contributed by atoms with Crippen molar-refractivity contribution in [1.82, 2.24) is 14.3 Å². The Balaban J connectivity index is 1.91. The highest BCUT2D eigenvalue weighted by molar-refractivity contribution is 7.88. The standard InChI is InChI=1S/C17H21N3O2S/c1-13-11-15(12-14-7-4-3-5-8-14)19-17(18-13)16-9-6-10-20(16)23(2,21)22/h3-5,7-8,11,16H,6,9-10,12H2,1-2H3/t16-/m0/s1. The van der Waals surface area contributed by atoms with Crippen molar-refractivity contribution in [3.8, 4) is 0 Å². The molecule has 1 aromatic heterocycles. The van der Waals surface area contributed by atoms with Gasteiger partial charge in [0.25, 0.3) is 0 Å². The number of hydrogen-bond donors (Lipinski definition) is 0. The second kappa shape index (κ2) is 6.37. The Morgan fingerprint density at radius 2 is 1.96 bits per heavy atom. The van der Waals surface area contributed by atoms with E-state index in [0.717, 1.165) is 30.7 Å². The van der Waals surface area contributed by atoms with Gasteiger partial charge in [-0.1, -0.05) is 30.3 Å². The van der Waals surface area contributed by atoms with Crippen LogP contribution in [0.2, 0.25) is 0 Å². The summed E-state index contributed by atoms with van der Waals surface area (Å²) in [6.45, 7) is 2.48. The van der Waals surface area contributed by atoms with E-state index >= 15 is 0 Å². The fraction of sp³-hybridized carbons (Fsp3) is 0.412. The molecule has 1 aromatic carbocycles. The third-order valence-electron chi connectivity index (χ3n) is 4.08. The molecule has 5 nitrogen and oxygen atoms in total. The van der Waals surface area contributed by atoms with Crippen molar-refractivity contribution in [2.45, 2.75) is 32.2 Å². The fourth-order valence-corrected chi connectivity index (χ4v) is 4.22. The summed E-state index contributed by atoms with van der Waals surface area (Å²) in [7, 11) is -3.23. The molecule has 3 rings (SSSR count). The molecule has 1 aliphatic heterocycles.